The molecule has 2 rings (SSSR count). The van der Waals surface area contributed by atoms with Gasteiger partial charge in [0.2, 0.25) is 0 Å². The van der Waals surface area contributed by atoms with Crippen molar-refractivity contribution in [3.63, 3.8) is 0 Å². The molecule has 3 heteroatoms. The lowest BCUT2D eigenvalue weighted by Gasteiger charge is -2.56. The van der Waals surface area contributed by atoms with E-state index in [4.69, 9.17) is 0 Å². The maximum atomic E-state index is 12.3. The Balaban J connectivity index is 2.37. The molecule has 0 aromatic rings. The Bertz CT molecular complexity index is 376. The molecule has 0 bridgehead atoms. The number of Topliss-reactive ketones (excluding diaryl/α,β-unsaturated/α-hetero) is 1. The van der Waals surface area contributed by atoms with Gasteiger partial charge in [-0.25, -0.2) is 0 Å². The first-order valence-electron chi connectivity index (χ1n) is 7.06. The highest BCUT2D eigenvalue weighted by molar-refractivity contribution is 5.86. The summed E-state index contributed by atoms with van der Waals surface area (Å²) in [5.74, 6) is 0.262. The van der Waals surface area contributed by atoms with E-state index in [1.54, 1.807) is 0 Å². The lowest BCUT2D eigenvalue weighted by Crippen LogP contribution is -2.53. The molecule has 0 saturated heterocycles. The average molecular weight is 252 g/mol. The molecule has 102 valence electrons. The minimum Gasteiger partial charge on any atom is -0.481 e. The molecule has 0 heterocycles. The van der Waals surface area contributed by atoms with E-state index in [0.29, 0.717) is 18.1 Å². The molecule has 4 atom stereocenters. The SMILES string of the molecule is CC1CCC2(C)C(=O)CCCC2C1(C)CC(=O)O. The molecular weight excluding hydrogens is 228 g/mol. The first-order valence-corrected chi connectivity index (χ1v) is 7.06. The molecule has 18 heavy (non-hydrogen) atoms. The maximum absolute atomic E-state index is 12.3. The highest BCUT2D eigenvalue weighted by Crippen LogP contribution is 2.59. The van der Waals surface area contributed by atoms with Crippen LogP contribution in [0.4, 0.5) is 0 Å². The van der Waals surface area contributed by atoms with Crippen molar-refractivity contribution in [3.8, 4) is 0 Å². The molecule has 0 aliphatic heterocycles. The summed E-state index contributed by atoms with van der Waals surface area (Å²) in [4.78, 5) is 23.5. The second-order valence-corrected chi connectivity index (χ2v) is 6.80. The molecule has 0 aromatic carbocycles. The van der Waals surface area contributed by atoms with E-state index in [-0.39, 0.29) is 23.2 Å². The zero-order chi connectivity index (χ0) is 13.6. The Morgan fingerprint density at radius 2 is 2.06 bits per heavy atom. The van der Waals surface area contributed by atoms with Gasteiger partial charge in [-0.05, 0) is 42.9 Å². The molecule has 2 fully saturated rings. The molecule has 0 aromatic heterocycles. The first-order chi connectivity index (χ1) is 8.30. The number of carboxylic acids is 1. The van der Waals surface area contributed by atoms with Gasteiger partial charge in [0.1, 0.15) is 5.78 Å². The maximum Gasteiger partial charge on any atom is 0.303 e. The molecule has 2 aliphatic rings. The Morgan fingerprint density at radius 3 is 2.67 bits per heavy atom. The lowest BCUT2D eigenvalue weighted by atomic mass is 9.47. The lowest BCUT2D eigenvalue weighted by molar-refractivity contribution is -0.157. The minimum atomic E-state index is -0.730. The number of hydrogen-bond acceptors (Lipinski definition) is 2. The number of carbonyl (C=O) groups excluding carboxylic acids is 1. The highest BCUT2D eigenvalue weighted by Gasteiger charge is 2.56. The topological polar surface area (TPSA) is 54.4 Å². The van der Waals surface area contributed by atoms with E-state index in [1.807, 2.05) is 0 Å². The predicted octanol–water partition coefficient (Wildman–Crippen LogP) is 3.27. The van der Waals surface area contributed by atoms with Crippen LogP contribution in [-0.2, 0) is 9.59 Å². The monoisotopic (exact) mass is 252 g/mol. The zero-order valence-electron chi connectivity index (χ0n) is 11.7. The summed E-state index contributed by atoms with van der Waals surface area (Å²) in [5.41, 5.74) is -0.496. The van der Waals surface area contributed by atoms with Gasteiger partial charge in [0.25, 0.3) is 0 Å². The van der Waals surface area contributed by atoms with Gasteiger partial charge in [0.15, 0.2) is 0 Å². The molecule has 2 aliphatic carbocycles. The van der Waals surface area contributed by atoms with Crippen molar-refractivity contribution in [2.45, 2.75) is 59.3 Å². The van der Waals surface area contributed by atoms with Crippen LogP contribution in [0, 0.1) is 22.7 Å². The summed E-state index contributed by atoms with van der Waals surface area (Å²) in [7, 11) is 0. The number of carbonyl (C=O) groups is 2. The van der Waals surface area contributed by atoms with Gasteiger partial charge in [0, 0.05) is 11.8 Å². The van der Waals surface area contributed by atoms with Crippen molar-refractivity contribution in [3.05, 3.63) is 0 Å². The van der Waals surface area contributed by atoms with Crippen molar-refractivity contribution in [1.29, 1.82) is 0 Å². The normalized spacial score (nSPS) is 44.5. The standard InChI is InChI=1S/C15H24O3/c1-10-7-8-14(2)11(5-4-6-12(14)16)15(10,3)9-13(17)18/h10-11H,4-9H2,1-3H3,(H,17,18). The molecule has 3 nitrogen and oxygen atoms in total. The molecule has 4 unspecified atom stereocenters. The van der Waals surface area contributed by atoms with Gasteiger partial charge in [0.05, 0.1) is 6.42 Å². The van der Waals surface area contributed by atoms with Crippen molar-refractivity contribution in [1.82, 2.24) is 0 Å². The second kappa shape index (κ2) is 4.36. The third kappa shape index (κ3) is 1.88. The second-order valence-electron chi connectivity index (χ2n) is 6.80. The fraction of sp³-hybridized carbons (Fsp3) is 0.867. The van der Waals surface area contributed by atoms with Gasteiger partial charge < -0.3 is 5.11 Å². The van der Waals surface area contributed by atoms with E-state index in [9.17, 15) is 14.7 Å². The zero-order valence-corrected chi connectivity index (χ0v) is 11.7. The summed E-state index contributed by atoms with van der Waals surface area (Å²) in [6.07, 6.45) is 4.74. The van der Waals surface area contributed by atoms with Crippen LogP contribution in [-0.4, -0.2) is 16.9 Å². The van der Waals surface area contributed by atoms with Crippen LogP contribution in [0.2, 0.25) is 0 Å². The van der Waals surface area contributed by atoms with Crippen LogP contribution in [0.25, 0.3) is 0 Å². The molecule has 2 saturated carbocycles. The molecule has 0 spiro atoms. The van der Waals surface area contributed by atoms with Crippen LogP contribution in [0.1, 0.15) is 59.3 Å². The smallest absolute Gasteiger partial charge is 0.303 e. The molecule has 0 radical (unpaired) electrons. The summed E-state index contributed by atoms with van der Waals surface area (Å²) in [5, 5.41) is 9.20. The van der Waals surface area contributed by atoms with E-state index in [2.05, 4.69) is 20.8 Å². The summed E-state index contributed by atoms with van der Waals surface area (Å²) >= 11 is 0. The van der Waals surface area contributed by atoms with E-state index < -0.39 is 5.97 Å². The third-order valence-corrected chi connectivity index (χ3v) is 5.85. The van der Waals surface area contributed by atoms with Crippen LogP contribution >= 0.6 is 0 Å². The fourth-order valence-corrected chi connectivity index (χ4v) is 4.45. The van der Waals surface area contributed by atoms with Gasteiger partial charge >= 0.3 is 5.97 Å². The highest BCUT2D eigenvalue weighted by atomic mass is 16.4. The number of rotatable bonds is 2. The Morgan fingerprint density at radius 1 is 1.39 bits per heavy atom. The van der Waals surface area contributed by atoms with E-state index in [1.165, 1.54) is 0 Å². The van der Waals surface area contributed by atoms with Crippen LogP contribution in [0.15, 0.2) is 0 Å². The number of fused-ring (bicyclic) bond motifs is 1. The Hall–Kier alpha value is -0.860. The van der Waals surface area contributed by atoms with E-state index >= 15 is 0 Å². The summed E-state index contributed by atoms with van der Waals surface area (Å²) < 4.78 is 0. The van der Waals surface area contributed by atoms with Crippen LogP contribution in [0.5, 0.6) is 0 Å². The number of aliphatic carboxylic acids is 1. The van der Waals surface area contributed by atoms with Gasteiger partial charge in [-0.15, -0.1) is 0 Å². The van der Waals surface area contributed by atoms with Gasteiger partial charge in [-0.1, -0.05) is 20.8 Å². The largest absolute Gasteiger partial charge is 0.481 e. The summed E-state index contributed by atoms with van der Waals surface area (Å²) in [6, 6.07) is 0. The quantitative estimate of drug-likeness (QED) is 0.820. The van der Waals surface area contributed by atoms with Crippen molar-refractivity contribution >= 4 is 11.8 Å². The fourth-order valence-electron chi connectivity index (χ4n) is 4.45. The molecular formula is C15H24O3. The van der Waals surface area contributed by atoms with Crippen LogP contribution < -0.4 is 0 Å². The number of hydrogen-bond donors (Lipinski definition) is 1. The number of carboxylic acid groups (broad SMARTS) is 1. The van der Waals surface area contributed by atoms with E-state index in [0.717, 1.165) is 25.7 Å². The van der Waals surface area contributed by atoms with Gasteiger partial charge in [-0.2, -0.15) is 0 Å². The third-order valence-electron chi connectivity index (χ3n) is 5.85. The average Bonchev–Trinajstić information content (AvgIpc) is 2.27. The van der Waals surface area contributed by atoms with Crippen LogP contribution in [0.3, 0.4) is 0 Å². The Labute approximate surface area is 109 Å². The molecule has 0 amide bonds. The number of ketones is 1. The first kappa shape index (κ1) is 13.6. The summed E-state index contributed by atoms with van der Waals surface area (Å²) in [6.45, 7) is 6.32. The minimum absolute atomic E-state index is 0.196. The predicted molar refractivity (Wildman–Crippen MR) is 69.2 cm³/mol. The van der Waals surface area contributed by atoms with Crippen molar-refractivity contribution in [2.24, 2.45) is 22.7 Å². The van der Waals surface area contributed by atoms with Crippen molar-refractivity contribution < 1.29 is 14.7 Å². The van der Waals surface area contributed by atoms with Crippen molar-refractivity contribution in [2.75, 3.05) is 0 Å². The Kier molecular flexibility index (Phi) is 3.28. The molecule has 1 N–H and O–H groups in total. The van der Waals surface area contributed by atoms with Gasteiger partial charge in [-0.3, -0.25) is 9.59 Å².